The van der Waals surface area contributed by atoms with Gasteiger partial charge in [-0.15, -0.1) is 0 Å². The molecular weight excluding hydrogens is 284 g/mol. The van der Waals surface area contributed by atoms with Crippen LogP contribution in [0.1, 0.15) is 12.5 Å². The summed E-state index contributed by atoms with van der Waals surface area (Å²) in [6.07, 6.45) is 5.31. The fourth-order valence-electron chi connectivity index (χ4n) is 2.21. The molecule has 0 bridgehead atoms. The summed E-state index contributed by atoms with van der Waals surface area (Å²) in [7, 11) is 0. The highest BCUT2D eigenvalue weighted by atomic mass is 14.8. The van der Waals surface area contributed by atoms with Gasteiger partial charge in [-0.05, 0) is 55.0 Å². The van der Waals surface area contributed by atoms with Crippen LogP contribution in [0.2, 0.25) is 0 Å². The second-order valence-electron chi connectivity index (χ2n) is 5.04. The van der Waals surface area contributed by atoms with Gasteiger partial charge in [0.1, 0.15) is 0 Å². The average molecular weight is 298 g/mol. The number of nitrogens with zero attached hydrogens (tertiary/aromatic N) is 4. The van der Waals surface area contributed by atoms with Crippen molar-refractivity contribution >= 4 is 6.08 Å². The molecule has 23 heavy (non-hydrogen) atoms. The molecule has 0 atom stereocenters. The molecule has 0 aliphatic carbocycles. The third-order valence-electron chi connectivity index (χ3n) is 3.26. The van der Waals surface area contributed by atoms with Gasteiger partial charge in [0.25, 0.3) is 0 Å². The summed E-state index contributed by atoms with van der Waals surface area (Å²) in [4.78, 5) is 13.4. The number of hydrogen-bond donors (Lipinski definition) is 0. The highest BCUT2D eigenvalue weighted by molar-refractivity contribution is 5.69. The molecule has 0 radical (unpaired) electrons. The van der Waals surface area contributed by atoms with E-state index in [1.807, 2.05) is 54.6 Å². The van der Waals surface area contributed by atoms with Crippen molar-refractivity contribution in [2.75, 3.05) is 0 Å². The summed E-state index contributed by atoms with van der Waals surface area (Å²) in [6, 6.07) is 17.4. The minimum Gasteiger partial charge on any atom is -0.255 e. The minimum absolute atomic E-state index is 0.634. The van der Waals surface area contributed by atoms with Crippen molar-refractivity contribution in [3.63, 3.8) is 0 Å². The predicted octanol–water partition coefficient (Wildman–Crippen LogP) is 4.13. The molecule has 4 heteroatoms. The number of nitriles is 1. The standard InChI is InChI=1S/C19H14N4/c1-14(13-20)10-15-11-18(16-6-2-4-8-21-16)23-19(12-15)17-7-3-5-9-22-17/h2-12H,1H3/b14-10-. The van der Waals surface area contributed by atoms with Gasteiger partial charge in [0.15, 0.2) is 0 Å². The van der Waals surface area contributed by atoms with Crippen molar-refractivity contribution in [1.29, 1.82) is 5.26 Å². The van der Waals surface area contributed by atoms with Gasteiger partial charge in [0.2, 0.25) is 0 Å². The van der Waals surface area contributed by atoms with Gasteiger partial charge in [-0.2, -0.15) is 5.26 Å². The maximum atomic E-state index is 9.01. The Hall–Kier alpha value is -3.32. The first-order chi connectivity index (χ1) is 11.3. The maximum absolute atomic E-state index is 9.01. The van der Waals surface area contributed by atoms with Crippen LogP contribution < -0.4 is 0 Å². The van der Waals surface area contributed by atoms with Gasteiger partial charge in [-0.1, -0.05) is 12.1 Å². The number of rotatable bonds is 3. The molecule has 3 heterocycles. The van der Waals surface area contributed by atoms with Crippen molar-refractivity contribution in [3.8, 4) is 28.8 Å². The highest BCUT2D eigenvalue weighted by Gasteiger charge is 2.08. The predicted molar refractivity (Wildman–Crippen MR) is 90.0 cm³/mol. The minimum atomic E-state index is 0.634. The molecule has 0 unspecified atom stereocenters. The van der Waals surface area contributed by atoms with Crippen LogP contribution in [-0.2, 0) is 0 Å². The third kappa shape index (κ3) is 3.47. The smallest absolute Gasteiger partial charge is 0.0944 e. The average Bonchev–Trinajstić information content (AvgIpc) is 2.63. The zero-order valence-corrected chi connectivity index (χ0v) is 12.6. The van der Waals surface area contributed by atoms with Crippen molar-refractivity contribution < 1.29 is 0 Å². The molecule has 0 fully saturated rings. The molecule has 3 aromatic heterocycles. The Kier molecular flexibility index (Phi) is 4.21. The first kappa shape index (κ1) is 14.6. The third-order valence-corrected chi connectivity index (χ3v) is 3.26. The van der Waals surface area contributed by atoms with Crippen LogP contribution in [0, 0.1) is 11.3 Å². The molecule has 0 aliphatic heterocycles. The van der Waals surface area contributed by atoms with Crippen molar-refractivity contribution in [2.45, 2.75) is 6.92 Å². The Labute approximate surface area is 134 Å². The maximum Gasteiger partial charge on any atom is 0.0944 e. The lowest BCUT2D eigenvalue weighted by atomic mass is 10.1. The van der Waals surface area contributed by atoms with Gasteiger partial charge in [-0.3, -0.25) is 9.97 Å². The number of aromatic nitrogens is 3. The Morgan fingerprint density at radius 1 is 0.913 bits per heavy atom. The van der Waals surface area contributed by atoms with Crippen LogP contribution in [0.5, 0.6) is 0 Å². The lowest BCUT2D eigenvalue weighted by molar-refractivity contribution is 1.21. The van der Waals surface area contributed by atoms with Gasteiger partial charge in [0, 0.05) is 18.0 Å². The first-order valence-corrected chi connectivity index (χ1v) is 7.19. The Morgan fingerprint density at radius 3 is 1.91 bits per heavy atom. The normalized spacial score (nSPS) is 11.0. The number of allylic oxidation sites excluding steroid dienone is 1. The summed E-state index contributed by atoms with van der Waals surface area (Å²) >= 11 is 0. The molecule has 0 aliphatic rings. The second-order valence-corrected chi connectivity index (χ2v) is 5.04. The molecule has 0 saturated heterocycles. The van der Waals surface area contributed by atoms with Gasteiger partial charge in [0.05, 0.1) is 28.8 Å². The van der Waals surface area contributed by atoms with E-state index in [1.54, 1.807) is 19.3 Å². The fraction of sp³-hybridized carbons (Fsp3) is 0.0526. The van der Waals surface area contributed by atoms with Crippen LogP contribution in [0.15, 0.2) is 66.5 Å². The monoisotopic (exact) mass is 298 g/mol. The summed E-state index contributed by atoms with van der Waals surface area (Å²) in [5.41, 5.74) is 4.62. The summed E-state index contributed by atoms with van der Waals surface area (Å²) < 4.78 is 0. The Balaban J connectivity index is 2.17. The second kappa shape index (κ2) is 6.63. The molecule has 0 spiro atoms. The lowest BCUT2D eigenvalue weighted by Gasteiger charge is -2.07. The van der Waals surface area contributed by atoms with E-state index in [9.17, 15) is 0 Å². The topological polar surface area (TPSA) is 62.5 Å². The SMILES string of the molecule is C/C(C#N)=C/c1cc(-c2ccccn2)nc(-c2ccccn2)c1. The first-order valence-electron chi connectivity index (χ1n) is 7.19. The largest absolute Gasteiger partial charge is 0.255 e. The van der Waals surface area contributed by atoms with Crippen LogP contribution >= 0.6 is 0 Å². The quantitative estimate of drug-likeness (QED) is 0.682. The van der Waals surface area contributed by atoms with Crippen LogP contribution in [0.25, 0.3) is 28.9 Å². The van der Waals surface area contributed by atoms with Crippen molar-refractivity contribution in [2.24, 2.45) is 0 Å². The van der Waals surface area contributed by atoms with E-state index in [1.165, 1.54) is 0 Å². The molecular formula is C19H14N4. The van der Waals surface area contributed by atoms with E-state index >= 15 is 0 Å². The van der Waals surface area contributed by atoms with Crippen LogP contribution in [0.4, 0.5) is 0 Å². The molecule has 4 nitrogen and oxygen atoms in total. The van der Waals surface area contributed by atoms with Gasteiger partial charge >= 0.3 is 0 Å². The summed E-state index contributed by atoms with van der Waals surface area (Å²) in [5, 5.41) is 9.01. The van der Waals surface area contributed by atoms with Crippen molar-refractivity contribution in [3.05, 3.63) is 72.1 Å². The van der Waals surface area contributed by atoms with Crippen LogP contribution in [-0.4, -0.2) is 15.0 Å². The van der Waals surface area contributed by atoms with Gasteiger partial charge in [-0.25, -0.2) is 4.98 Å². The fourth-order valence-corrected chi connectivity index (χ4v) is 2.21. The van der Waals surface area contributed by atoms with Crippen LogP contribution in [0.3, 0.4) is 0 Å². The molecule has 3 rings (SSSR count). The molecule has 3 aromatic rings. The highest BCUT2D eigenvalue weighted by Crippen LogP contribution is 2.23. The van der Waals surface area contributed by atoms with E-state index in [0.717, 1.165) is 28.3 Å². The molecule has 0 aromatic carbocycles. The van der Waals surface area contributed by atoms with Crippen molar-refractivity contribution in [1.82, 2.24) is 15.0 Å². The lowest BCUT2D eigenvalue weighted by Crippen LogP contribution is -1.93. The van der Waals surface area contributed by atoms with Gasteiger partial charge < -0.3 is 0 Å². The molecule has 110 valence electrons. The van der Waals surface area contributed by atoms with E-state index in [2.05, 4.69) is 21.0 Å². The number of pyridine rings is 3. The van der Waals surface area contributed by atoms with E-state index in [0.29, 0.717) is 5.57 Å². The number of hydrogen-bond acceptors (Lipinski definition) is 4. The summed E-state index contributed by atoms with van der Waals surface area (Å²) in [5.74, 6) is 0. The molecule has 0 N–H and O–H groups in total. The van der Waals surface area contributed by atoms with E-state index in [4.69, 9.17) is 5.26 Å². The Morgan fingerprint density at radius 2 is 1.48 bits per heavy atom. The van der Waals surface area contributed by atoms with E-state index < -0.39 is 0 Å². The molecule has 0 saturated carbocycles. The van der Waals surface area contributed by atoms with E-state index in [-0.39, 0.29) is 0 Å². The summed E-state index contributed by atoms with van der Waals surface area (Å²) in [6.45, 7) is 1.78. The molecule has 0 amide bonds. The zero-order chi connectivity index (χ0) is 16.1. The zero-order valence-electron chi connectivity index (χ0n) is 12.6. The Bertz CT molecular complexity index is 820.